The summed E-state index contributed by atoms with van der Waals surface area (Å²) in [5.74, 6) is 5.84. The van der Waals surface area contributed by atoms with Crippen LogP contribution in [0.15, 0.2) is 18.5 Å². The summed E-state index contributed by atoms with van der Waals surface area (Å²) < 4.78 is 0. The van der Waals surface area contributed by atoms with Crippen LogP contribution in [-0.2, 0) is 0 Å². The summed E-state index contributed by atoms with van der Waals surface area (Å²) in [6.07, 6.45) is 3.35. The van der Waals surface area contributed by atoms with E-state index in [2.05, 4.69) is 20.4 Å². The monoisotopic (exact) mass is 175 g/mol. The highest BCUT2D eigenvalue weighted by molar-refractivity contribution is 5.84. The molecule has 13 heavy (non-hydrogen) atoms. The van der Waals surface area contributed by atoms with Crippen LogP contribution in [0.3, 0.4) is 0 Å². The fraction of sp³-hybridized carbons (Fsp3) is 0.125. The lowest BCUT2D eigenvalue weighted by atomic mass is 10.3. The van der Waals surface area contributed by atoms with Crippen LogP contribution in [0, 0.1) is 6.92 Å². The van der Waals surface area contributed by atoms with Crippen LogP contribution in [0.4, 0.5) is 5.82 Å². The molecule has 0 aromatic carbocycles. The fourth-order valence-corrected chi connectivity index (χ4v) is 1.13. The van der Waals surface area contributed by atoms with Gasteiger partial charge in [0.05, 0.1) is 11.2 Å². The maximum Gasteiger partial charge on any atom is 0.168 e. The molecule has 2 aromatic heterocycles. The second-order valence-corrected chi connectivity index (χ2v) is 2.68. The van der Waals surface area contributed by atoms with Gasteiger partial charge in [-0.1, -0.05) is 0 Å². The number of pyridine rings is 1. The SMILES string of the molecule is Cc1cnc2ccnc(NN)c2n1. The Morgan fingerprint density at radius 1 is 1.38 bits per heavy atom. The predicted molar refractivity (Wildman–Crippen MR) is 49.9 cm³/mol. The lowest BCUT2D eigenvalue weighted by molar-refractivity contribution is 1.15. The number of hydrazine groups is 1. The van der Waals surface area contributed by atoms with Gasteiger partial charge in [0, 0.05) is 12.4 Å². The average Bonchev–Trinajstić information content (AvgIpc) is 2.17. The van der Waals surface area contributed by atoms with E-state index >= 15 is 0 Å². The first-order chi connectivity index (χ1) is 6.31. The third-order valence-corrected chi connectivity index (χ3v) is 1.72. The van der Waals surface area contributed by atoms with E-state index in [0.29, 0.717) is 11.3 Å². The van der Waals surface area contributed by atoms with E-state index < -0.39 is 0 Å². The molecule has 0 aliphatic carbocycles. The summed E-state index contributed by atoms with van der Waals surface area (Å²) in [6.45, 7) is 1.87. The molecule has 0 fully saturated rings. The van der Waals surface area contributed by atoms with Crippen molar-refractivity contribution in [2.24, 2.45) is 5.84 Å². The number of nitrogens with two attached hydrogens (primary N) is 1. The molecule has 0 saturated heterocycles. The predicted octanol–water partition coefficient (Wildman–Crippen LogP) is 0.619. The first-order valence-corrected chi connectivity index (χ1v) is 3.86. The molecule has 0 aliphatic rings. The molecule has 0 amide bonds. The molecule has 66 valence electrons. The van der Waals surface area contributed by atoms with Crippen LogP contribution in [-0.4, -0.2) is 15.0 Å². The number of fused-ring (bicyclic) bond motifs is 1. The van der Waals surface area contributed by atoms with E-state index in [1.807, 2.05) is 6.92 Å². The van der Waals surface area contributed by atoms with Crippen molar-refractivity contribution in [2.45, 2.75) is 6.92 Å². The molecule has 2 rings (SSSR count). The minimum absolute atomic E-state index is 0.550. The number of nitrogens with one attached hydrogen (secondary N) is 1. The molecule has 3 N–H and O–H groups in total. The summed E-state index contributed by atoms with van der Waals surface area (Å²) in [7, 11) is 0. The summed E-state index contributed by atoms with van der Waals surface area (Å²) in [6, 6.07) is 1.79. The molecule has 0 saturated carbocycles. The highest BCUT2D eigenvalue weighted by Crippen LogP contribution is 2.15. The first-order valence-electron chi connectivity index (χ1n) is 3.86. The van der Waals surface area contributed by atoms with Crippen LogP contribution in [0.5, 0.6) is 0 Å². The fourth-order valence-electron chi connectivity index (χ4n) is 1.13. The Bertz CT molecular complexity index is 439. The van der Waals surface area contributed by atoms with E-state index in [9.17, 15) is 0 Å². The van der Waals surface area contributed by atoms with Gasteiger partial charge in [0.2, 0.25) is 0 Å². The topological polar surface area (TPSA) is 76.7 Å². The van der Waals surface area contributed by atoms with Gasteiger partial charge in [-0.2, -0.15) is 0 Å². The van der Waals surface area contributed by atoms with Crippen molar-refractivity contribution in [3.05, 3.63) is 24.2 Å². The van der Waals surface area contributed by atoms with Crippen molar-refractivity contribution >= 4 is 16.9 Å². The van der Waals surface area contributed by atoms with Gasteiger partial charge in [0.1, 0.15) is 5.52 Å². The van der Waals surface area contributed by atoms with Gasteiger partial charge >= 0.3 is 0 Å². The number of aromatic nitrogens is 3. The highest BCUT2D eigenvalue weighted by Gasteiger charge is 2.02. The van der Waals surface area contributed by atoms with Gasteiger partial charge in [0.25, 0.3) is 0 Å². The van der Waals surface area contributed by atoms with Gasteiger partial charge in [-0.3, -0.25) is 4.98 Å². The maximum atomic E-state index is 5.29. The molecule has 0 aliphatic heterocycles. The second kappa shape index (κ2) is 2.95. The molecule has 0 unspecified atom stereocenters. The number of nitrogens with zero attached hydrogens (tertiary/aromatic N) is 3. The Kier molecular flexibility index (Phi) is 1.79. The first kappa shape index (κ1) is 7.88. The number of hydrogen-bond donors (Lipinski definition) is 2. The maximum absolute atomic E-state index is 5.29. The van der Waals surface area contributed by atoms with Crippen LogP contribution in [0.25, 0.3) is 11.0 Å². The van der Waals surface area contributed by atoms with E-state index in [-0.39, 0.29) is 0 Å². The van der Waals surface area contributed by atoms with Crippen molar-refractivity contribution < 1.29 is 0 Å². The Balaban J connectivity index is 2.79. The van der Waals surface area contributed by atoms with Gasteiger partial charge < -0.3 is 5.43 Å². The molecule has 0 spiro atoms. The zero-order valence-electron chi connectivity index (χ0n) is 7.15. The molecular formula is C8H9N5. The molecule has 2 heterocycles. The third-order valence-electron chi connectivity index (χ3n) is 1.72. The largest absolute Gasteiger partial charge is 0.307 e. The summed E-state index contributed by atoms with van der Waals surface area (Å²) >= 11 is 0. The van der Waals surface area contributed by atoms with E-state index in [0.717, 1.165) is 11.2 Å². The van der Waals surface area contributed by atoms with Gasteiger partial charge in [-0.15, -0.1) is 0 Å². The lowest BCUT2D eigenvalue weighted by Gasteiger charge is -2.02. The molecule has 5 heteroatoms. The average molecular weight is 175 g/mol. The standard InChI is InChI=1S/C8H9N5/c1-5-4-11-6-2-3-10-8(13-9)7(6)12-5/h2-4H,9H2,1H3,(H,10,13). The third kappa shape index (κ3) is 1.29. The van der Waals surface area contributed by atoms with Crippen LogP contribution >= 0.6 is 0 Å². The number of rotatable bonds is 1. The zero-order chi connectivity index (χ0) is 9.26. The molecule has 0 radical (unpaired) electrons. The normalized spacial score (nSPS) is 10.3. The molecule has 0 atom stereocenters. The molecular weight excluding hydrogens is 166 g/mol. The minimum Gasteiger partial charge on any atom is -0.307 e. The minimum atomic E-state index is 0.550. The van der Waals surface area contributed by atoms with E-state index in [4.69, 9.17) is 5.84 Å². The van der Waals surface area contributed by atoms with Crippen molar-refractivity contribution in [3.63, 3.8) is 0 Å². The van der Waals surface area contributed by atoms with Gasteiger partial charge in [-0.05, 0) is 13.0 Å². The van der Waals surface area contributed by atoms with Crippen molar-refractivity contribution in [1.82, 2.24) is 15.0 Å². The quantitative estimate of drug-likeness (QED) is 0.490. The van der Waals surface area contributed by atoms with E-state index in [1.165, 1.54) is 0 Å². The van der Waals surface area contributed by atoms with Crippen LogP contribution < -0.4 is 11.3 Å². The number of aryl methyl sites for hydroxylation is 1. The smallest absolute Gasteiger partial charge is 0.168 e. The second-order valence-electron chi connectivity index (χ2n) is 2.68. The molecule has 2 aromatic rings. The van der Waals surface area contributed by atoms with Crippen molar-refractivity contribution in [3.8, 4) is 0 Å². The van der Waals surface area contributed by atoms with Crippen molar-refractivity contribution in [1.29, 1.82) is 0 Å². The summed E-state index contributed by atoms with van der Waals surface area (Å²) in [4.78, 5) is 12.5. The Hall–Kier alpha value is -1.75. The Morgan fingerprint density at radius 3 is 3.00 bits per heavy atom. The number of hydrogen-bond acceptors (Lipinski definition) is 5. The number of anilines is 1. The van der Waals surface area contributed by atoms with Gasteiger partial charge in [0.15, 0.2) is 5.82 Å². The summed E-state index contributed by atoms with van der Waals surface area (Å²) in [5.41, 5.74) is 4.81. The van der Waals surface area contributed by atoms with Crippen LogP contribution in [0.2, 0.25) is 0 Å². The summed E-state index contributed by atoms with van der Waals surface area (Å²) in [5, 5.41) is 0. The molecule has 0 bridgehead atoms. The van der Waals surface area contributed by atoms with E-state index in [1.54, 1.807) is 18.5 Å². The highest BCUT2D eigenvalue weighted by atomic mass is 15.3. The van der Waals surface area contributed by atoms with Crippen molar-refractivity contribution in [2.75, 3.05) is 5.43 Å². The number of nitrogen functional groups attached to an aromatic ring is 1. The van der Waals surface area contributed by atoms with Gasteiger partial charge in [-0.25, -0.2) is 15.8 Å². The Morgan fingerprint density at radius 2 is 2.23 bits per heavy atom. The molecule has 5 nitrogen and oxygen atoms in total. The zero-order valence-corrected chi connectivity index (χ0v) is 7.15. The lowest BCUT2D eigenvalue weighted by Crippen LogP contribution is -2.09. The Labute approximate surface area is 75.0 Å². The van der Waals surface area contributed by atoms with Crippen LogP contribution in [0.1, 0.15) is 5.69 Å².